The maximum Gasteiger partial charge on any atom is 0.303 e. The minimum atomic E-state index is -0.901. The molecule has 1 rings (SSSR count). The highest BCUT2D eigenvalue weighted by molar-refractivity contribution is 5.82. The van der Waals surface area contributed by atoms with Crippen molar-refractivity contribution >= 4 is 11.8 Å². The Hall–Kier alpha value is -1.52. The smallest absolute Gasteiger partial charge is 0.303 e. The molecule has 1 aliphatic heterocycles. The lowest BCUT2D eigenvalue weighted by molar-refractivity contribution is -0.138. The van der Waals surface area contributed by atoms with Crippen LogP contribution in [0.4, 0.5) is 0 Å². The van der Waals surface area contributed by atoms with Crippen LogP contribution in [0.2, 0.25) is 0 Å². The Morgan fingerprint density at radius 2 is 1.89 bits per heavy atom. The topological polar surface area (TPSA) is 60.9 Å². The standard InChI is InChI=1S/C13H22N2O3/c1-11-14(2)9-10-15(11)8-4-3-5-12(16)6-7-13(17)18/h9-11H,3-8H2,1-2H3,(H,17,18). The summed E-state index contributed by atoms with van der Waals surface area (Å²) < 4.78 is 0. The summed E-state index contributed by atoms with van der Waals surface area (Å²) in [5, 5.41) is 8.46. The summed E-state index contributed by atoms with van der Waals surface area (Å²) >= 11 is 0. The van der Waals surface area contributed by atoms with E-state index in [1.54, 1.807) is 0 Å². The molecule has 0 aromatic rings. The lowest BCUT2D eigenvalue weighted by Crippen LogP contribution is -2.34. The van der Waals surface area contributed by atoms with Crippen LogP contribution in [0, 0.1) is 0 Å². The number of aliphatic carboxylic acids is 1. The van der Waals surface area contributed by atoms with Gasteiger partial charge in [0.15, 0.2) is 0 Å². The number of unbranched alkanes of at least 4 members (excludes halogenated alkanes) is 1. The summed E-state index contributed by atoms with van der Waals surface area (Å²) in [4.78, 5) is 26.0. The number of carbonyl (C=O) groups excluding carboxylic acids is 1. The minimum Gasteiger partial charge on any atom is -0.481 e. The van der Waals surface area contributed by atoms with Gasteiger partial charge in [0.1, 0.15) is 5.78 Å². The largest absolute Gasteiger partial charge is 0.481 e. The molecule has 1 N–H and O–H groups in total. The summed E-state index contributed by atoms with van der Waals surface area (Å²) in [6, 6.07) is 0. The number of carboxylic acids is 1. The molecular weight excluding hydrogens is 232 g/mol. The third-order valence-electron chi connectivity index (χ3n) is 3.30. The number of ketones is 1. The first kappa shape index (κ1) is 14.5. The van der Waals surface area contributed by atoms with E-state index in [1.165, 1.54) is 0 Å². The molecule has 102 valence electrons. The van der Waals surface area contributed by atoms with Crippen molar-refractivity contribution in [2.24, 2.45) is 0 Å². The quantitative estimate of drug-likeness (QED) is 0.667. The minimum absolute atomic E-state index is 0.0461. The van der Waals surface area contributed by atoms with Crippen LogP contribution in [0.1, 0.15) is 39.0 Å². The number of hydrogen-bond acceptors (Lipinski definition) is 4. The van der Waals surface area contributed by atoms with Crippen LogP contribution in [0.15, 0.2) is 12.4 Å². The second kappa shape index (κ2) is 7.03. The molecule has 0 spiro atoms. The predicted molar refractivity (Wildman–Crippen MR) is 68.8 cm³/mol. The summed E-state index contributed by atoms with van der Waals surface area (Å²) in [6.07, 6.45) is 6.90. The van der Waals surface area contributed by atoms with Gasteiger partial charge in [0.25, 0.3) is 0 Å². The SMILES string of the molecule is CC1N(C)C=CN1CCCCC(=O)CCC(=O)O. The molecule has 0 bridgehead atoms. The van der Waals surface area contributed by atoms with Crippen LogP contribution in [0.25, 0.3) is 0 Å². The van der Waals surface area contributed by atoms with Gasteiger partial charge in [-0.05, 0) is 19.8 Å². The predicted octanol–water partition coefficient (Wildman–Crippen LogP) is 1.66. The van der Waals surface area contributed by atoms with E-state index < -0.39 is 5.97 Å². The van der Waals surface area contributed by atoms with Crippen molar-refractivity contribution in [2.75, 3.05) is 13.6 Å². The van der Waals surface area contributed by atoms with E-state index in [1.807, 2.05) is 13.2 Å². The molecule has 5 heteroatoms. The van der Waals surface area contributed by atoms with Crippen molar-refractivity contribution in [1.82, 2.24) is 9.80 Å². The molecule has 5 nitrogen and oxygen atoms in total. The molecule has 1 aliphatic rings. The Bertz CT molecular complexity index is 328. The lowest BCUT2D eigenvalue weighted by Gasteiger charge is -2.26. The molecule has 1 atom stereocenters. The van der Waals surface area contributed by atoms with Gasteiger partial charge in [-0.1, -0.05) is 0 Å². The molecule has 0 aromatic carbocycles. The van der Waals surface area contributed by atoms with E-state index in [-0.39, 0.29) is 18.6 Å². The van der Waals surface area contributed by atoms with Crippen LogP contribution in [0.3, 0.4) is 0 Å². The van der Waals surface area contributed by atoms with Crippen molar-refractivity contribution in [1.29, 1.82) is 0 Å². The molecule has 0 saturated heterocycles. The van der Waals surface area contributed by atoms with E-state index in [4.69, 9.17) is 5.11 Å². The number of Topliss-reactive ketones (excluding diaryl/α,β-unsaturated/α-hetero) is 1. The fourth-order valence-corrected chi connectivity index (χ4v) is 1.92. The fourth-order valence-electron chi connectivity index (χ4n) is 1.92. The van der Waals surface area contributed by atoms with E-state index in [0.717, 1.165) is 19.4 Å². The summed E-state index contributed by atoms with van der Waals surface area (Å²) in [6.45, 7) is 3.08. The first-order valence-corrected chi connectivity index (χ1v) is 6.40. The van der Waals surface area contributed by atoms with Gasteiger partial charge in [0.05, 0.1) is 12.6 Å². The van der Waals surface area contributed by atoms with Gasteiger partial charge < -0.3 is 14.9 Å². The molecular formula is C13H22N2O3. The Labute approximate surface area is 108 Å². The van der Waals surface area contributed by atoms with Crippen LogP contribution in [0.5, 0.6) is 0 Å². The Balaban J connectivity index is 2.07. The van der Waals surface area contributed by atoms with Crippen molar-refractivity contribution in [2.45, 2.75) is 45.2 Å². The van der Waals surface area contributed by atoms with Crippen LogP contribution in [-0.4, -0.2) is 46.4 Å². The van der Waals surface area contributed by atoms with Crippen molar-refractivity contribution in [3.63, 3.8) is 0 Å². The number of nitrogens with zero attached hydrogens (tertiary/aromatic N) is 2. The van der Waals surface area contributed by atoms with Gasteiger partial charge in [-0.15, -0.1) is 0 Å². The normalized spacial score (nSPS) is 18.4. The van der Waals surface area contributed by atoms with Crippen molar-refractivity contribution < 1.29 is 14.7 Å². The second-order valence-corrected chi connectivity index (χ2v) is 4.72. The zero-order chi connectivity index (χ0) is 13.5. The Kier molecular flexibility index (Phi) is 5.68. The average molecular weight is 254 g/mol. The molecule has 0 saturated carbocycles. The molecule has 0 aromatic heterocycles. The Morgan fingerprint density at radius 3 is 2.44 bits per heavy atom. The van der Waals surface area contributed by atoms with Gasteiger partial charge >= 0.3 is 5.97 Å². The molecule has 1 heterocycles. The number of carboxylic acid groups (broad SMARTS) is 1. The highest BCUT2D eigenvalue weighted by Crippen LogP contribution is 2.14. The summed E-state index contributed by atoms with van der Waals surface area (Å²) in [7, 11) is 2.04. The number of carbonyl (C=O) groups is 2. The van der Waals surface area contributed by atoms with Crippen molar-refractivity contribution in [3.05, 3.63) is 12.4 Å². The van der Waals surface area contributed by atoms with E-state index in [0.29, 0.717) is 12.6 Å². The summed E-state index contributed by atoms with van der Waals surface area (Å²) in [5.74, 6) is -0.845. The van der Waals surface area contributed by atoms with E-state index in [2.05, 4.69) is 22.9 Å². The maximum absolute atomic E-state index is 11.4. The first-order valence-electron chi connectivity index (χ1n) is 6.40. The van der Waals surface area contributed by atoms with Gasteiger partial charge in [0.2, 0.25) is 0 Å². The molecule has 0 fully saturated rings. The van der Waals surface area contributed by atoms with E-state index in [9.17, 15) is 9.59 Å². The Morgan fingerprint density at radius 1 is 1.17 bits per heavy atom. The highest BCUT2D eigenvalue weighted by atomic mass is 16.4. The van der Waals surface area contributed by atoms with Gasteiger partial charge in [-0.2, -0.15) is 0 Å². The first-order chi connectivity index (χ1) is 8.50. The lowest BCUT2D eigenvalue weighted by atomic mass is 10.1. The molecule has 0 aliphatic carbocycles. The van der Waals surface area contributed by atoms with Crippen LogP contribution < -0.4 is 0 Å². The third-order valence-corrected chi connectivity index (χ3v) is 3.30. The number of rotatable bonds is 8. The zero-order valence-electron chi connectivity index (χ0n) is 11.1. The monoisotopic (exact) mass is 254 g/mol. The van der Waals surface area contributed by atoms with Crippen LogP contribution in [-0.2, 0) is 9.59 Å². The molecule has 0 radical (unpaired) electrons. The molecule has 1 unspecified atom stereocenters. The number of hydrogen-bond donors (Lipinski definition) is 1. The van der Waals surface area contributed by atoms with Crippen LogP contribution >= 0.6 is 0 Å². The van der Waals surface area contributed by atoms with E-state index >= 15 is 0 Å². The fraction of sp³-hybridized carbons (Fsp3) is 0.692. The maximum atomic E-state index is 11.4. The summed E-state index contributed by atoms with van der Waals surface area (Å²) in [5.41, 5.74) is 0. The van der Waals surface area contributed by atoms with Crippen molar-refractivity contribution in [3.8, 4) is 0 Å². The average Bonchev–Trinajstić information content (AvgIpc) is 2.63. The zero-order valence-corrected chi connectivity index (χ0v) is 11.1. The highest BCUT2D eigenvalue weighted by Gasteiger charge is 2.17. The van der Waals surface area contributed by atoms with Gasteiger partial charge in [-0.25, -0.2) is 0 Å². The van der Waals surface area contributed by atoms with Gasteiger partial charge in [-0.3, -0.25) is 9.59 Å². The van der Waals surface area contributed by atoms with Gasteiger partial charge in [0, 0.05) is 38.8 Å². The molecule has 0 amide bonds. The second-order valence-electron chi connectivity index (χ2n) is 4.72. The third kappa shape index (κ3) is 4.77. The molecule has 18 heavy (non-hydrogen) atoms.